The van der Waals surface area contributed by atoms with Gasteiger partial charge in [0.2, 0.25) is 0 Å². The molecular formula is C20H26O6. The highest BCUT2D eigenvalue weighted by Crippen LogP contribution is 2.71. The Labute approximate surface area is 152 Å². The molecule has 0 aromatic carbocycles. The van der Waals surface area contributed by atoms with E-state index in [1.54, 1.807) is 0 Å². The largest absolute Gasteiger partial charge is 0.461 e. The van der Waals surface area contributed by atoms with Gasteiger partial charge in [-0.25, -0.2) is 0 Å². The number of hydrogen-bond acceptors (Lipinski definition) is 6. The second-order valence-corrected chi connectivity index (χ2v) is 9.72. The van der Waals surface area contributed by atoms with Gasteiger partial charge in [-0.1, -0.05) is 20.4 Å². The summed E-state index contributed by atoms with van der Waals surface area (Å²) >= 11 is 0. The summed E-state index contributed by atoms with van der Waals surface area (Å²) in [6, 6.07) is 0. The number of aliphatic hydroxyl groups excluding tert-OH is 2. The van der Waals surface area contributed by atoms with Crippen molar-refractivity contribution in [2.75, 3.05) is 6.61 Å². The van der Waals surface area contributed by atoms with E-state index in [2.05, 4.69) is 20.4 Å². The average molecular weight is 362 g/mol. The third-order valence-corrected chi connectivity index (χ3v) is 8.25. The van der Waals surface area contributed by atoms with Crippen molar-refractivity contribution in [1.82, 2.24) is 0 Å². The van der Waals surface area contributed by atoms with Crippen molar-refractivity contribution in [1.29, 1.82) is 0 Å². The fourth-order valence-corrected chi connectivity index (χ4v) is 7.35. The molecule has 5 fully saturated rings. The Kier molecular flexibility index (Phi) is 3.10. The number of rotatable bonds is 0. The number of carbonyl (C=O) groups excluding carboxylic acids is 2. The Morgan fingerprint density at radius 2 is 1.92 bits per heavy atom. The highest BCUT2D eigenvalue weighted by atomic mass is 16.6. The van der Waals surface area contributed by atoms with Crippen molar-refractivity contribution in [3.63, 3.8) is 0 Å². The van der Waals surface area contributed by atoms with Crippen LogP contribution in [-0.4, -0.2) is 47.1 Å². The van der Waals surface area contributed by atoms with E-state index in [1.165, 1.54) is 0 Å². The number of hydrogen-bond donors (Lipinski definition) is 2. The van der Waals surface area contributed by atoms with E-state index in [1.807, 2.05) is 0 Å². The summed E-state index contributed by atoms with van der Waals surface area (Å²) in [4.78, 5) is 26.3. The van der Waals surface area contributed by atoms with Crippen LogP contribution in [0, 0.1) is 34.0 Å². The van der Waals surface area contributed by atoms with E-state index in [0.29, 0.717) is 24.8 Å². The van der Waals surface area contributed by atoms with E-state index < -0.39 is 41.2 Å². The Morgan fingerprint density at radius 1 is 1.19 bits per heavy atom. The SMILES string of the molecule is C=C1C(=O)[C@]23C[C@H]1C[C@@H](O)[C@@H]2[C@@]12CO[C@@H](O)[C@@H]1C(C)(C)CC[C@@H]2OC3=O. The normalized spacial score (nSPS) is 54.4. The third-order valence-electron chi connectivity index (χ3n) is 8.25. The van der Waals surface area contributed by atoms with Crippen LogP contribution in [-0.2, 0) is 19.1 Å². The zero-order valence-electron chi connectivity index (χ0n) is 15.2. The Bertz CT molecular complexity index is 728. The molecule has 0 aromatic heterocycles. The Hall–Kier alpha value is -1.24. The van der Waals surface area contributed by atoms with Crippen LogP contribution in [0.1, 0.15) is 39.5 Å². The highest BCUT2D eigenvalue weighted by Gasteiger charge is 2.79. The van der Waals surface area contributed by atoms with E-state index >= 15 is 0 Å². The monoisotopic (exact) mass is 362 g/mol. The van der Waals surface area contributed by atoms with Gasteiger partial charge in [-0.2, -0.15) is 0 Å². The fourth-order valence-electron chi connectivity index (χ4n) is 7.35. The van der Waals surface area contributed by atoms with E-state index in [4.69, 9.17) is 9.47 Å². The molecule has 2 heterocycles. The van der Waals surface area contributed by atoms with Gasteiger partial charge in [-0.3, -0.25) is 9.59 Å². The number of fused-ring (bicyclic) bond motifs is 1. The van der Waals surface area contributed by atoms with Crippen LogP contribution in [0.2, 0.25) is 0 Å². The zero-order chi connectivity index (χ0) is 18.6. The minimum atomic E-state index is -1.37. The molecule has 0 radical (unpaired) electrons. The van der Waals surface area contributed by atoms with Crippen LogP contribution in [0.4, 0.5) is 0 Å². The van der Waals surface area contributed by atoms with Gasteiger partial charge in [-0.15, -0.1) is 0 Å². The van der Waals surface area contributed by atoms with Gasteiger partial charge in [0.25, 0.3) is 0 Å². The number of Topliss-reactive ketones (excluding diaryl/α,β-unsaturated/α-hetero) is 1. The topological polar surface area (TPSA) is 93.1 Å². The van der Waals surface area contributed by atoms with Gasteiger partial charge in [0.05, 0.1) is 12.7 Å². The van der Waals surface area contributed by atoms with E-state index in [0.717, 1.165) is 6.42 Å². The van der Waals surface area contributed by atoms with E-state index in [9.17, 15) is 19.8 Å². The summed E-state index contributed by atoms with van der Waals surface area (Å²) in [7, 11) is 0. The van der Waals surface area contributed by atoms with E-state index in [-0.39, 0.29) is 29.6 Å². The lowest BCUT2D eigenvalue weighted by atomic mass is 9.43. The maximum atomic E-state index is 13.2. The fraction of sp³-hybridized carbons (Fsp3) is 0.800. The predicted molar refractivity (Wildman–Crippen MR) is 89.6 cm³/mol. The average Bonchev–Trinajstić information content (AvgIpc) is 3.01. The van der Waals surface area contributed by atoms with Crippen LogP contribution < -0.4 is 0 Å². The number of aliphatic hydroxyl groups is 2. The molecule has 0 unspecified atom stereocenters. The summed E-state index contributed by atoms with van der Waals surface area (Å²) < 4.78 is 11.6. The van der Waals surface area contributed by atoms with Crippen molar-refractivity contribution < 1.29 is 29.3 Å². The van der Waals surface area contributed by atoms with Crippen molar-refractivity contribution >= 4 is 11.8 Å². The summed E-state index contributed by atoms with van der Waals surface area (Å²) in [5.74, 6) is -1.84. The van der Waals surface area contributed by atoms with Crippen molar-refractivity contribution in [3.05, 3.63) is 12.2 Å². The summed E-state index contributed by atoms with van der Waals surface area (Å²) in [5.41, 5.74) is -1.91. The van der Waals surface area contributed by atoms with Crippen molar-refractivity contribution in [2.45, 2.75) is 58.0 Å². The van der Waals surface area contributed by atoms with Crippen LogP contribution in [0.25, 0.3) is 0 Å². The molecule has 0 aromatic rings. The number of ether oxygens (including phenoxy) is 2. The molecule has 6 heteroatoms. The van der Waals surface area contributed by atoms with Crippen LogP contribution in [0.15, 0.2) is 12.2 Å². The number of carbonyl (C=O) groups is 2. The number of ketones is 1. The highest BCUT2D eigenvalue weighted by molar-refractivity contribution is 6.15. The molecule has 6 nitrogen and oxygen atoms in total. The van der Waals surface area contributed by atoms with Crippen LogP contribution in [0.5, 0.6) is 0 Å². The lowest BCUT2D eigenvalue weighted by molar-refractivity contribution is -0.251. The van der Waals surface area contributed by atoms with Gasteiger partial charge in [0.15, 0.2) is 12.1 Å². The second kappa shape index (κ2) is 4.78. The zero-order valence-corrected chi connectivity index (χ0v) is 15.2. The summed E-state index contributed by atoms with van der Waals surface area (Å²) in [6.45, 7) is 8.29. The maximum absolute atomic E-state index is 13.2. The van der Waals surface area contributed by atoms with Gasteiger partial charge in [0.1, 0.15) is 11.5 Å². The molecule has 142 valence electrons. The smallest absolute Gasteiger partial charge is 0.320 e. The first-order valence-corrected chi connectivity index (χ1v) is 9.58. The minimum Gasteiger partial charge on any atom is -0.461 e. The second-order valence-electron chi connectivity index (χ2n) is 9.72. The van der Waals surface area contributed by atoms with Crippen LogP contribution in [0.3, 0.4) is 0 Å². The number of allylic oxidation sites excluding steroid dienone is 1. The molecule has 3 aliphatic carbocycles. The molecule has 3 saturated carbocycles. The molecule has 2 spiro atoms. The predicted octanol–water partition coefficient (Wildman–Crippen LogP) is 1.20. The maximum Gasteiger partial charge on any atom is 0.320 e. The Balaban J connectivity index is 1.75. The van der Waals surface area contributed by atoms with Crippen molar-refractivity contribution in [3.8, 4) is 0 Å². The molecule has 5 rings (SSSR count). The molecule has 26 heavy (non-hydrogen) atoms. The first kappa shape index (κ1) is 16.9. The molecule has 2 bridgehead atoms. The standard InChI is InChI=1S/C20H26O6/c1-9-10-6-11(21)13-19(7-10,15(9)22)17(24)26-12-4-5-18(2,3)14-16(23)25-8-20(12,13)14/h10-14,16,21,23H,1,4-8H2,2-3H3/t10-,11-,12+,13+,14-,16-,19+,20+/m1/s1. The molecule has 8 atom stereocenters. The third kappa shape index (κ3) is 1.61. The van der Waals surface area contributed by atoms with Gasteiger partial charge in [-0.05, 0) is 42.6 Å². The first-order valence-electron chi connectivity index (χ1n) is 9.58. The van der Waals surface area contributed by atoms with Crippen LogP contribution >= 0.6 is 0 Å². The molecule has 0 amide bonds. The van der Waals surface area contributed by atoms with Gasteiger partial charge in [0, 0.05) is 17.3 Å². The molecule has 5 aliphatic rings. The first-order chi connectivity index (χ1) is 12.2. The lowest BCUT2D eigenvalue weighted by Crippen LogP contribution is -2.70. The van der Waals surface area contributed by atoms with Crippen molar-refractivity contribution in [2.24, 2.45) is 34.0 Å². The summed E-state index contributed by atoms with van der Waals surface area (Å²) in [5, 5.41) is 21.8. The molecular weight excluding hydrogens is 336 g/mol. The lowest BCUT2D eigenvalue weighted by Gasteiger charge is -2.62. The quantitative estimate of drug-likeness (QED) is 0.382. The Morgan fingerprint density at radius 3 is 2.65 bits per heavy atom. The molecule has 2 N–H and O–H groups in total. The minimum absolute atomic E-state index is 0.170. The number of esters is 1. The molecule has 2 saturated heterocycles. The molecule has 2 aliphatic heterocycles. The van der Waals surface area contributed by atoms with Gasteiger partial charge >= 0.3 is 5.97 Å². The summed E-state index contributed by atoms with van der Waals surface area (Å²) in [6.07, 6.45) is 0.0166. The van der Waals surface area contributed by atoms with Gasteiger partial charge < -0.3 is 19.7 Å².